The maximum absolute atomic E-state index is 12.9. The fraction of sp³-hybridized carbons (Fsp3) is 0.125. The lowest BCUT2D eigenvalue weighted by molar-refractivity contribution is 0.0938. The molecule has 0 fully saturated rings. The summed E-state index contributed by atoms with van der Waals surface area (Å²) in [4.78, 5) is 30.3. The van der Waals surface area contributed by atoms with Gasteiger partial charge in [0, 0.05) is 5.56 Å². The molecule has 5 nitrogen and oxygen atoms in total. The largest absolute Gasteiger partial charge is 0.342 e. The minimum Gasteiger partial charge on any atom is -0.342 e. The van der Waals surface area contributed by atoms with E-state index < -0.39 is 6.04 Å². The first-order chi connectivity index (χ1) is 14.5. The Kier molecular flexibility index (Phi) is 5.63. The Morgan fingerprint density at radius 3 is 2.40 bits per heavy atom. The number of para-hydroxylation sites is 2. The normalized spacial score (nSPS) is 11.9. The summed E-state index contributed by atoms with van der Waals surface area (Å²) in [7, 11) is 0. The predicted molar refractivity (Wildman–Crippen MR) is 118 cm³/mol. The van der Waals surface area contributed by atoms with Crippen LogP contribution in [-0.2, 0) is 6.54 Å². The zero-order chi connectivity index (χ0) is 21.1. The molecule has 1 unspecified atom stereocenters. The highest BCUT2D eigenvalue weighted by atomic mass is 35.5. The van der Waals surface area contributed by atoms with Crippen molar-refractivity contribution in [3.63, 3.8) is 0 Å². The zero-order valence-electron chi connectivity index (χ0n) is 16.4. The minimum absolute atomic E-state index is 0.0235. The number of nitrogens with one attached hydrogen (secondary N) is 1. The van der Waals surface area contributed by atoms with Crippen LogP contribution in [0, 0.1) is 0 Å². The van der Waals surface area contributed by atoms with Gasteiger partial charge in [0.15, 0.2) is 5.78 Å². The second-order valence-electron chi connectivity index (χ2n) is 7.01. The lowest BCUT2D eigenvalue weighted by Crippen LogP contribution is -2.29. The van der Waals surface area contributed by atoms with E-state index in [2.05, 4.69) is 5.32 Å². The number of imidazole rings is 1. The average molecular weight is 418 g/mol. The molecule has 0 aliphatic carbocycles. The third kappa shape index (κ3) is 3.98. The lowest BCUT2D eigenvalue weighted by Gasteiger charge is -2.16. The Morgan fingerprint density at radius 2 is 1.63 bits per heavy atom. The van der Waals surface area contributed by atoms with Crippen LogP contribution in [0.1, 0.15) is 39.5 Å². The smallest absolute Gasteiger partial charge is 0.253 e. The van der Waals surface area contributed by atoms with Gasteiger partial charge in [0.2, 0.25) is 0 Å². The van der Waals surface area contributed by atoms with Gasteiger partial charge in [0.1, 0.15) is 5.82 Å². The SMILES string of the molecule is CC(NC(=O)c1ccccc1Cl)c1nc2ccccc2n1CC(=O)c1ccccc1. The number of hydrogen-bond acceptors (Lipinski definition) is 3. The topological polar surface area (TPSA) is 64.0 Å². The van der Waals surface area contributed by atoms with Gasteiger partial charge in [-0.3, -0.25) is 9.59 Å². The molecular formula is C24H20ClN3O2. The van der Waals surface area contributed by atoms with Crippen molar-refractivity contribution in [1.82, 2.24) is 14.9 Å². The van der Waals surface area contributed by atoms with Crippen LogP contribution in [0.4, 0.5) is 0 Å². The number of nitrogens with zero attached hydrogens (tertiary/aromatic N) is 2. The van der Waals surface area contributed by atoms with Gasteiger partial charge in [-0.25, -0.2) is 4.98 Å². The van der Waals surface area contributed by atoms with E-state index in [4.69, 9.17) is 16.6 Å². The Labute approximate surface area is 179 Å². The summed E-state index contributed by atoms with van der Waals surface area (Å²) < 4.78 is 1.86. The number of benzene rings is 3. The van der Waals surface area contributed by atoms with Crippen LogP contribution < -0.4 is 5.32 Å². The zero-order valence-corrected chi connectivity index (χ0v) is 17.1. The van der Waals surface area contributed by atoms with Crippen LogP contribution in [0.5, 0.6) is 0 Å². The van der Waals surface area contributed by atoms with Crippen LogP contribution >= 0.6 is 11.6 Å². The van der Waals surface area contributed by atoms with Gasteiger partial charge in [-0.1, -0.05) is 66.2 Å². The molecule has 4 aromatic rings. The molecule has 0 radical (unpaired) electrons. The fourth-order valence-corrected chi connectivity index (χ4v) is 3.66. The lowest BCUT2D eigenvalue weighted by atomic mass is 10.1. The average Bonchev–Trinajstić information content (AvgIpc) is 3.13. The molecule has 1 amide bonds. The molecule has 0 saturated heterocycles. The Morgan fingerprint density at radius 1 is 0.967 bits per heavy atom. The van der Waals surface area contributed by atoms with E-state index in [9.17, 15) is 9.59 Å². The summed E-state index contributed by atoms with van der Waals surface area (Å²) in [5.74, 6) is 0.298. The van der Waals surface area contributed by atoms with Crippen LogP contribution in [0.2, 0.25) is 5.02 Å². The molecule has 0 bridgehead atoms. The van der Waals surface area contributed by atoms with Gasteiger partial charge in [-0.15, -0.1) is 0 Å². The molecule has 1 heterocycles. The summed E-state index contributed by atoms with van der Waals surface area (Å²) >= 11 is 6.15. The number of hydrogen-bond donors (Lipinski definition) is 1. The molecular weight excluding hydrogens is 398 g/mol. The molecule has 30 heavy (non-hydrogen) atoms. The van der Waals surface area contributed by atoms with E-state index in [1.165, 1.54) is 0 Å². The van der Waals surface area contributed by atoms with E-state index in [1.54, 1.807) is 36.4 Å². The van der Waals surface area contributed by atoms with Crippen molar-refractivity contribution < 1.29 is 9.59 Å². The third-order valence-electron chi connectivity index (χ3n) is 4.93. The number of carbonyl (C=O) groups is 2. The van der Waals surface area contributed by atoms with E-state index in [-0.39, 0.29) is 18.2 Å². The van der Waals surface area contributed by atoms with E-state index in [0.29, 0.717) is 22.0 Å². The number of aromatic nitrogens is 2. The maximum atomic E-state index is 12.9. The summed E-state index contributed by atoms with van der Waals surface area (Å²) in [6.45, 7) is 1.98. The van der Waals surface area contributed by atoms with Crippen LogP contribution in [0.3, 0.4) is 0 Å². The van der Waals surface area contributed by atoms with Gasteiger partial charge >= 0.3 is 0 Å². The Bertz CT molecular complexity index is 1220. The predicted octanol–water partition coefficient (Wildman–Crippen LogP) is 5.06. The van der Waals surface area contributed by atoms with Crippen molar-refractivity contribution in [2.75, 3.05) is 0 Å². The molecule has 1 aromatic heterocycles. The van der Waals surface area contributed by atoms with Crippen molar-refractivity contribution >= 4 is 34.3 Å². The highest BCUT2D eigenvalue weighted by Gasteiger charge is 2.21. The Hall–Kier alpha value is -3.44. The summed E-state index contributed by atoms with van der Waals surface area (Å²) in [5.41, 5.74) is 2.64. The molecule has 3 aromatic carbocycles. The van der Waals surface area contributed by atoms with Gasteiger partial charge < -0.3 is 9.88 Å². The van der Waals surface area contributed by atoms with Gasteiger partial charge in [-0.05, 0) is 31.2 Å². The highest BCUT2D eigenvalue weighted by Crippen LogP contribution is 2.23. The first kappa shape index (κ1) is 19.9. The molecule has 6 heteroatoms. The summed E-state index contributed by atoms with van der Waals surface area (Å²) in [5, 5.41) is 3.33. The first-order valence-electron chi connectivity index (χ1n) is 9.63. The molecule has 0 spiro atoms. The van der Waals surface area contributed by atoms with Crippen LogP contribution in [0.25, 0.3) is 11.0 Å². The highest BCUT2D eigenvalue weighted by molar-refractivity contribution is 6.33. The molecule has 0 saturated carbocycles. The summed E-state index contributed by atoms with van der Waals surface area (Å²) in [6.07, 6.45) is 0. The van der Waals surface area contributed by atoms with Gasteiger partial charge in [-0.2, -0.15) is 0 Å². The number of fused-ring (bicyclic) bond motifs is 1. The van der Waals surface area contributed by atoms with E-state index in [0.717, 1.165) is 11.0 Å². The van der Waals surface area contributed by atoms with Crippen LogP contribution in [-0.4, -0.2) is 21.2 Å². The number of Topliss-reactive ketones (excluding diaryl/α,β-unsaturated/α-hetero) is 1. The minimum atomic E-state index is -0.426. The molecule has 0 aliphatic rings. The Balaban J connectivity index is 1.66. The van der Waals surface area contributed by atoms with E-state index in [1.807, 2.05) is 54.0 Å². The molecule has 4 rings (SSSR count). The molecule has 150 valence electrons. The van der Waals surface area contributed by atoms with Crippen molar-refractivity contribution in [3.8, 4) is 0 Å². The number of halogens is 1. The number of rotatable bonds is 6. The second kappa shape index (κ2) is 8.51. The van der Waals surface area contributed by atoms with Crippen molar-refractivity contribution in [2.24, 2.45) is 0 Å². The summed E-state index contributed by atoms with van der Waals surface area (Å²) in [6, 6.07) is 23.2. The van der Waals surface area contributed by atoms with Crippen molar-refractivity contribution in [2.45, 2.75) is 19.5 Å². The monoisotopic (exact) mass is 417 g/mol. The first-order valence-corrected chi connectivity index (χ1v) is 10.0. The van der Waals surface area contributed by atoms with Crippen LogP contribution in [0.15, 0.2) is 78.9 Å². The molecule has 1 N–H and O–H groups in total. The maximum Gasteiger partial charge on any atom is 0.253 e. The van der Waals surface area contributed by atoms with E-state index >= 15 is 0 Å². The number of amides is 1. The van der Waals surface area contributed by atoms with Crippen molar-refractivity contribution in [3.05, 3.63) is 101 Å². The number of carbonyl (C=O) groups excluding carboxylic acids is 2. The standard InChI is InChI=1S/C24H20ClN3O2/c1-16(26-24(30)18-11-5-6-12-19(18)25)23-27-20-13-7-8-14-21(20)28(23)15-22(29)17-9-3-2-4-10-17/h2-14,16H,15H2,1H3,(H,26,30). The molecule has 1 atom stereocenters. The van der Waals surface area contributed by atoms with Gasteiger partial charge in [0.25, 0.3) is 5.91 Å². The number of ketones is 1. The fourth-order valence-electron chi connectivity index (χ4n) is 3.43. The second-order valence-corrected chi connectivity index (χ2v) is 7.42. The quantitative estimate of drug-likeness (QED) is 0.446. The third-order valence-corrected chi connectivity index (χ3v) is 5.26. The van der Waals surface area contributed by atoms with Crippen molar-refractivity contribution in [1.29, 1.82) is 0 Å². The molecule has 0 aliphatic heterocycles. The van der Waals surface area contributed by atoms with Gasteiger partial charge in [0.05, 0.1) is 34.2 Å².